The van der Waals surface area contributed by atoms with Crippen molar-refractivity contribution in [3.63, 3.8) is 0 Å². The number of nitrogens with two attached hydrogens (primary N) is 1. The maximum Gasteiger partial charge on any atom is 0.225 e. The van der Waals surface area contributed by atoms with Crippen LogP contribution in [0.25, 0.3) is 0 Å². The number of nitrogen functional groups attached to an aromatic ring is 1. The summed E-state index contributed by atoms with van der Waals surface area (Å²) in [5.74, 6) is 1.62. The molecule has 0 aromatic carbocycles. The van der Waals surface area contributed by atoms with Gasteiger partial charge in [-0.1, -0.05) is 13.8 Å². The fourth-order valence-corrected chi connectivity index (χ4v) is 3.78. The molecular weight excluding hydrogens is 322 g/mol. The predicted octanol–water partition coefficient (Wildman–Crippen LogP) is 2.18. The van der Waals surface area contributed by atoms with Crippen LogP contribution < -0.4 is 16.0 Å². The molecule has 0 amide bonds. The van der Waals surface area contributed by atoms with Crippen LogP contribution in [0.15, 0.2) is 23.7 Å². The van der Waals surface area contributed by atoms with Gasteiger partial charge in [-0.05, 0) is 24.5 Å². The van der Waals surface area contributed by atoms with Crippen LogP contribution in [0.3, 0.4) is 0 Å². The lowest BCUT2D eigenvalue weighted by Crippen LogP contribution is -2.51. The molecule has 0 saturated carbocycles. The molecule has 7 heteroatoms. The molecule has 6 nitrogen and oxygen atoms in total. The molecule has 1 fully saturated rings. The van der Waals surface area contributed by atoms with Gasteiger partial charge in [-0.3, -0.25) is 4.79 Å². The highest BCUT2D eigenvalue weighted by Gasteiger charge is 2.23. The highest BCUT2D eigenvalue weighted by molar-refractivity contribution is 7.12. The summed E-state index contributed by atoms with van der Waals surface area (Å²) in [6.45, 7) is 7.23. The van der Waals surface area contributed by atoms with Crippen molar-refractivity contribution in [1.82, 2.24) is 15.3 Å². The van der Waals surface area contributed by atoms with Crippen LogP contribution in [-0.2, 0) is 0 Å². The number of hydrogen-bond acceptors (Lipinski definition) is 7. The number of carbonyl (C=O) groups excluding carboxylic acids is 1. The third kappa shape index (κ3) is 3.73. The first-order chi connectivity index (χ1) is 11.5. The third-order valence-electron chi connectivity index (χ3n) is 4.10. The normalized spacial score (nSPS) is 18.1. The Morgan fingerprint density at radius 2 is 2.38 bits per heavy atom. The van der Waals surface area contributed by atoms with E-state index < -0.39 is 0 Å². The molecule has 1 atom stereocenters. The molecule has 1 saturated heterocycles. The van der Waals surface area contributed by atoms with Crippen molar-refractivity contribution in [3.8, 4) is 0 Å². The van der Waals surface area contributed by atoms with E-state index in [1.807, 2.05) is 5.38 Å². The fraction of sp³-hybridized carbons (Fsp3) is 0.471. The minimum atomic E-state index is -0.161. The lowest BCUT2D eigenvalue weighted by Gasteiger charge is -2.34. The zero-order valence-corrected chi connectivity index (χ0v) is 14.8. The summed E-state index contributed by atoms with van der Waals surface area (Å²) in [5, 5.41) is 5.97. The van der Waals surface area contributed by atoms with Crippen LogP contribution in [0.4, 0.5) is 11.6 Å². The molecule has 1 aliphatic heterocycles. The second-order valence-electron chi connectivity index (χ2n) is 6.50. The van der Waals surface area contributed by atoms with E-state index in [1.54, 1.807) is 18.3 Å². The summed E-state index contributed by atoms with van der Waals surface area (Å²) in [6, 6.07) is 3.87. The molecule has 3 heterocycles. The fourth-order valence-electron chi connectivity index (χ4n) is 3.00. The van der Waals surface area contributed by atoms with Gasteiger partial charge in [-0.25, -0.2) is 9.97 Å². The summed E-state index contributed by atoms with van der Waals surface area (Å²) in [5.41, 5.74) is 6.21. The molecule has 1 aliphatic rings. The number of pyridine rings is 1. The number of ketones is 1. The van der Waals surface area contributed by atoms with Gasteiger partial charge in [0, 0.05) is 37.3 Å². The van der Waals surface area contributed by atoms with Crippen LogP contribution in [-0.4, -0.2) is 41.4 Å². The first kappa shape index (κ1) is 16.9. The molecule has 128 valence electrons. The van der Waals surface area contributed by atoms with Crippen molar-refractivity contribution in [2.75, 3.05) is 30.3 Å². The number of rotatable bonds is 5. The van der Waals surface area contributed by atoms with Crippen LogP contribution in [0.2, 0.25) is 0 Å². The van der Waals surface area contributed by atoms with E-state index in [4.69, 9.17) is 5.73 Å². The first-order valence-corrected chi connectivity index (χ1v) is 9.11. The second kappa shape index (κ2) is 7.27. The Morgan fingerprint density at radius 3 is 3.12 bits per heavy atom. The summed E-state index contributed by atoms with van der Waals surface area (Å²) < 4.78 is 0. The van der Waals surface area contributed by atoms with E-state index in [2.05, 4.69) is 34.0 Å². The summed E-state index contributed by atoms with van der Waals surface area (Å²) in [7, 11) is 0. The molecular formula is C17H23N5OS. The Bertz CT molecular complexity index is 715. The molecule has 0 aliphatic carbocycles. The lowest BCUT2D eigenvalue weighted by atomic mass is 10.0. The molecule has 24 heavy (non-hydrogen) atoms. The molecule has 0 bridgehead atoms. The van der Waals surface area contributed by atoms with Crippen LogP contribution in [0.1, 0.15) is 35.6 Å². The van der Waals surface area contributed by atoms with Crippen molar-refractivity contribution >= 4 is 28.8 Å². The minimum absolute atomic E-state index is 0.161. The standard InChI is InChI=1S/C17H23N5OS/c1-11(2)8-12-9-22(7-6-19-12)14-10-24-17(21-14)15(23)13-4-3-5-20-16(13)18/h3-5,10-12,19H,6-9H2,1-2H3,(H2,18,20)/t12-/m1/s1. The number of aromatic nitrogens is 2. The molecule has 0 radical (unpaired) electrons. The first-order valence-electron chi connectivity index (χ1n) is 8.23. The van der Waals surface area contributed by atoms with Gasteiger partial charge in [0.25, 0.3) is 0 Å². The second-order valence-corrected chi connectivity index (χ2v) is 7.36. The molecule has 3 rings (SSSR count). The van der Waals surface area contributed by atoms with E-state index in [0.717, 1.165) is 31.9 Å². The van der Waals surface area contributed by atoms with Crippen molar-refractivity contribution in [2.24, 2.45) is 5.92 Å². The Labute approximate surface area is 146 Å². The van der Waals surface area contributed by atoms with Crippen LogP contribution in [0, 0.1) is 5.92 Å². The van der Waals surface area contributed by atoms with E-state index in [0.29, 0.717) is 22.5 Å². The Balaban J connectivity index is 1.73. The largest absolute Gasteiger partial charge is 0.383 e. The Morgan fingerprint density at radius 1 is 1.54 bits per heavy atom. The third-order valence-corrected chi connectivity index (χ3v) is 4.93. The zero-order valence-electron chi connectivity index (χ0n) is 14.0. The quantitative estimate of drug-likeness (QED) is 0.808. The highest BCUT2D eigenvalue weighted by atomic mass is 32.1. The molecule has 0 spiro atoms. The molecule has 3 N–H and O–H groups in total. The van der Waals surface area contributed by atoms with Gasteiger partial charge in [0.2, 0.25) is 5.78 Å². The molecule has 0 unspecified atom stereocenters. The Kier molecular flexibility index (Phi) is 5.11. The summed E-state index contributed by atoms with van der Waals surface area (Å²) >= 11 is 1.36. The predicted molar refractivity (Wildman–Crippen MR) is 97.7 cm³/mol. The van der Waals surface area contributed by atoms with Crippen molar-refractivity contribution < 1.29 is 4.79 Å². The van der Waals surface area contributed by atoms with Crippen LogP contribution in [0.5, 0.6) is 0 Å². The maximum atomic E-state index is 12.6. The molecule has 2 aromatic heterocycles. The number of hydrogen-bond donors (Lipinski definition) is 2. The number of piperazine rings is 1. The van der Waals surface area contributed by atoms with Crippen molar-refractivity contribution in [3.05, 3.63) is 34.3 Å². The van der Waals surface area contributed by atoms with Crippen molar-refractivity contribution in [1.29, 1.82) is 0 Å². The summed E-state index contributed by atoms with van der Waals surface area (Å²) in [4.78, 5) is 23.3. The van der Waals surface area contributed by atoms with Gasteiger partial charge in [0.05, 0.1) is 5.56 Å². The number of carbonyl (C=O) groups is 1. The van der Waals surface area contributed by atoms with Gasteiger partial charge in [0.15, 0.2) is 5.01 Å². The molecule has 2 aromatic rings. The number of nitrogens with zero attached hydrogens (tertiary/aromatic N) is 3. The van der Waals surface area contributed by atoms with E-state index >= 15 is 0 Å². The average molecular weight is 345 g/mol. The van der Waals surface area contributed by atoms with E-state index in [9.17, 15) is 4.79 Å². The monoisotopic (exact) mass is 345 g/mol. The van der Waals surface area contributed by atoms with Crippen LogP contribution >= 0.6 is 11.3 Å². The number of thiazole rings is 1. The topological polar surface area (TPSA) is 84.1 Å². The summed E-state index contributed by atoms with van der Waals surface area (Å²) in [6.07, 6.45) is 2.72. The smallest absolute Gasteiger partial charge is 0.225 e. The van der Waals surface area contributed by atoms with E-state index in [-0.39, 0.29) is 11.6 Å². The number of anilines is 2. The highest BCUT2D eigenvalue weighted by Crippen LogP contribution is 2.24. The maximum absolute atomic E-state index is 12.6. The zero-order chi connectivity index (χ0) is 17.1. The van der Waals surface area contributed by atoms with Gasteiger partial charge in [-0.2, -0.15) is 0 Å². The number of nitrogens with one attached hydrogen (secondary N) is 1. The Hall–Kier alpha value is -1.99. The van der Waals surface area contributed by atoms with E-state index in [1.165, 1.54) is 11.3 Å². The van der Waals surface area contributed by atoms with Gasteiger partial charge < -0.3 is 16.0 Å². The minimum Gasteiger partial charge on any atom is -0.383 e. The van der Waals surface area contributed by atoms with Gasteiger partial charge >= 0.3 is 0 Å². The van der Waals surface area contributed by atoms with Gasteiger partial charge in [-0.15, -0.1) is 11.3 Å². The lowest BCUT2D eigenvalue weighted by molar-refractivity contribution is 0.103. The van der Waals surface area contributed by atoms with Gasteiger partial charge in [0.1, 0.15) is 11.6 Å². The average Bonchev–Trinajstić information content (AvgIpc) is 3.04. The van der Waals surface area contributed by atoms with Crippen molar-refractivity contribution in [2.45, 2.75) is 26.3 Å². The SMILES string of the molecule is CC(C)C[C@@H]1CN(c2csc(C(=O)c3cccnc3N)n2)CCN1.